The lowest BCUT2D eigenvalue weighted by Crippen LogP contribution is -2.39. The van der Waals surface area contributed by atoms with Crippen LogP contribution < -0.4 is 5.32 Å². The Hall–Kier alpha value is -0.530. The summed E-state index contributed by atoms with van der Waals surface area (Å²) in [6, 6.07) is 0.522. The lowest BCUT2D eigenvalue weighted by Gasteiger charge is -2.31. The third-order valence-corrected chi connectivity index (χ3v) is 3.52. The molecule has 2 fully saturated rings. The van der Waals surface area contributed by atoms with Crippen molar-refractivity contribution in [2.45, 2.75) is 45.6 Å². The van der Waals surface area contributed by atoms with E-state index in [0.717, 1.165) is 24.7 Å². The van der Waals surface area contributed by atoms with Crippen LogP contribution in [0.3, 0.4) is 0 Å². The molecule has 0 bridgehead atoms. The van der Waals surface area contributed by atoms with E-state index in [-0.39, 0.29) is 0 Å². The van der Waals surface area contributed by atoms with E-state index in [1.54, 1.807) is 0 Å². The summed E-state index contributed by atoms with van der Waals surface area (Å²) < 4.78 is 0. The molecule has 0 heterocycles. The minimum Gasteiger partial charge on any atom is -0.353 e. The fraction of sp³-hybridized carbons (Fsp3) is 0.909. The molecular formula is C11H19NO. The van der Waals surface area contributed by atoms with Crippen molar-refractivity contribution in [3.8, 4) is 0 Å². The third-order valence-electron chi connectivity index (χ3n) is 3.52. The Balaban J connectivity index is 1.68. The Kier molecular flexibility index (Phi) is 2.31. The molecule has 0 unspecified atom stereocenters. The van der Waals surface area contributed by atoms with Crippen molar-refractivity contribution < 1.29 is 4.79 Å². The van der Waals surface area contributed by atoms with Crippen LogP contribution in [0.15, 0.2) is 0 Å². The summed E-state index contributed by atoms with van der Waals surface area (Å²) in [5, 5.41) is 3.14. The fourth-order valence-corrected chi connectivity index (χ4v) is 2.29. The maximum Gasteiger partial charge on any atom is 0.223 e. The molecule has 1 amide bonds. The quantitative estimate of drug-likeness (QED) is 0.708. The number of hydrogen-bond acceptors (Lipinski definition) is 1. The molecule has 2 atom stereocenters. The van der Waals surface area contributed by atoms with Crippen LogP contribution in [0.5, 0.6) is 0 Å². The molecule has 0 aromatic heterocycles. The molecule has 0 radical (unpaired) electrons. The second-order valence-corrected chi connectivity index (χ2v) is 4.79. The van der Waals surface area contributed by atoms with E-state index in [4.69, 9.17) is 0 Å². The van der Waals surface area contributed by atoms with Gasteiger partial charge in [0, 0.05) is 12.0 Å². The molecule has 2 nitrogen and oxygen atoms in total. The molecule has 0 spiro atoms. The molecule has 1 N–H and O–H groups in total. The predicted octanol–water partition coefficient (Wildman–Crippen LogP) is 1.95. The van der Waals surface area contributed by atoms with E-state index in [9.17, 15) is 4.79 Å². The molecule has 0 saturated heterocycles. The van der Waals surface area contributed by atoms with E-state index < -0.39 is 0 Å². The summed E-state index contributed by atoms with van der Waals surface area (Å²) >= 11 is 0. The van der Waals surface area contributed by atoms with Crippen LogP contribution in [0, 0.1) is 17.8 Å². The zero-order valence-corrected chi connectivity index (χ0v) is 8.55. The predicted molar refractivity (Wildman–Crippen MR) is 52.2 cm³/mol. The van der Waals surface area contributed by atoms with Crippen LogP contribution in [-0.4, -0.2) is 11.9 Å². The largest absolute Gasteiger partial charge is 0.353 e. The SMILES string of the molecule is CC[C@@H]1C[C@H]1NC(=O)C1CC(C)C1. The molecule has 2 heteroatoms. The zero-order chi connectivity index (χ0) is 9.42. The second kappa shape index (κ2) is 3.32. The van der Waals surface area contributed by atoms with Crippen molar-refractivity contribution in [1.29, 1.82) is 0 Å². The molecule has 74 valence electrons. The van der Waals surface area contributed by atoms with E-state index in [1.165, 1.54) is 12.8 Å². The average Bonchev–Trinajstić information content (AvgIpc) is 2.77. The van der Waals surface area contributed by atoms with Crippen molar-refractivity contribution in [3.05, 3.63) is 0 Å². The smallest absolute Gasteiger partial charge is 0.223 e. The third kappa shape index (κ3) is 1.87. The minimum atomic E-state index is 0.319. The van der Waals surface area contributed by atoms with Gasteiger partial charge in [-0.25, -0.2) is 0 Å². The number of rotatable bonds is 3. The van der Waals surface area contributed by atoms with Gasteiger partial charge in [0.2, 0.25) is 5.91 Å². The van der Waals surface area contributed by atoms with Gasteiger partial charge in [0.1, 0.15) is 0 Å². The van der Waals surface area contributed by atoms with Gasteiger partial charge in [-0.3, -0.25) is 4.79 Å². The monoisotopic (exact) mass is 181 g/mol. The summed E-state index contributed by atoms with van der Waals surface area (Å²) in [6.07, 6.45) is 4.64. The van der Waals surface area contributed by atoms with Crippen LogP contribution >= 0.6 is 0 Å². The van der Waals surface area contributed by atoms with Crippen molar-refractivity contribution in [3.63, 3.8) is 0 Å². The van der Waals surface area contributed by atoms with Gasteiger partial charge in [-0.1, -0.05) is 20.3 Å². The highest BCUT2D eigenvalue weighted by molar-refractivity contribution is 5.80. The number of nitrogens with one attached hydrogen (secondary N) is 1. The summed E-state index contributed by atoms with van der Waals surface area (Å²) in [6.45, 7) is 4.41. The maximum atomic E-state index is 11.6. The topological polar surface area (TPSA) is 29.1 Å². The molecule has 2 saturated carbocycles. The lowest BCUT2D eigenvalue weighted by molar-refractivity contribution is -0.129. The van der Waals surface area contributed by atoms with Crippen molar-refractivity contribution in [1.82, 2.24) is 5.32 Å². The van der Waals surface area contributed by atoms with Crippen molar-refractivity contribution >= 4 is 5.91 Å². The summed E-state index contributed by atoms with van der Waals surface area (Å²) in [4.78, 5) is 11.6. The highest BCUT2D eigenvalue weighted by atomic mass is 16.2. The highest BCUT2D eigenvalue weighted by Crippen LogP contribution is 2.36. The van der Waals surface area contributed by atoms with Gasteiger partial charge in [0.15, 0.2) is 0 Å². The normalized spacial score (nSPS) is 42.3. The zero-order valence-electron chi connectivity index (χ0n) is 8.55. The molecule has 0 aromatic rings. The van der Waals surface area contributed by atoms with Gasteiger partial charge in [-0.05, 0) is 31.1 Å². The van der Waals surface area contributed by atoms with Crippen LogP contribution in [0.1, 0.15) is 39.5 Å². The summed E-state index contributed by atoms with van der Waals surface area (Å²) in [7, 11) is 0. The Bertz CT molecular complexity index is 208. The molecule has 0 aliphatic heterocycles. The number of carbonyl (C=O) groups is 1. The Morgan fingerprint density at radius 2 is 2.08 bits per heavy atom. The van der Waals surface area contributed by atoms with Gasteiger partial charge in [0.25, 0.3) is 0 Å². The van der Waals surface area contributed by atoms with Gasteiger partial charge in [0.05, 0.1) is 0 Å². The van der Waals surface area contributed by atoms with Crippen molar-refractivity contribution in [2.24, 2.45) is 17.8 Å². The number of amides is 1. The van der Waals surface area contributed by atoms with E-state index in [0.29, 0.717) is 17.9 Å². The van der Waals surface area contributed by atoms with E-state index in [1.807, 2.05) is 0 Å². The Morgan fingerprint density at radius 1 is 1.38 bits per heavy atom. The standard InChI is InChI=1S/C11H19NO/c1-3-8-6-10(8)12-11(13)9-4-7(2)5-9/h7-10H,3-6H2,1-2H3,(H,12,13)/t7?,8-,9?,10-/m1/s1. The fourth-order valence-electron chi connectivity index (χ4n) is 2.29. The molecule has 2 aliphatic carbocycles. The molecular weight excluding hydrogens is 162 g/mol. The van der Waals surface area contributed by atoms with Crippen LogP contribution in [-0.2, 0) is 4.79 Å². The first-order valence-electron chi connectivity index (χ1n) is 5.51. The number of hydrogen-bond donors (Lipinski definition) is 1. The van der Waals surface area contributed by atoms with E-state index >= 15 is 0 Å². The Morgan fingerprint density at radius 3 is 2.54 bits per heavy atom. The molecule has 2 rings (SSSR count). The summed E-state index contributed by atoms with van der Waals surface area (Å²) in [5.74, 6) is 2.21. The molecule has 2 aliphatic rings. The first-order chi connectivity index (χ1) is 6.20. The van der Waals surface area contributed by atoms with Crippen LogP contribution in [0.25, 0.3) is 0 Å². The average molecular weight is 181 g/mol. The first-order valence-corrected chi connectivity index (χ1v) is 5.51. The molecule has 0 aromatic carbocycles. The Labute approximate surface area is 80.1 Å². The number of carbonyl (C=O) groups excluding carboxylic acids is 1. The lowest BCUT2D eigenvalue weighted by atomic mass is 9.75. The minimum absolute atomic E-state index is 0.319. The van der Waals surface area contributed by atoms with E-state index in [2.05, 4.69) is 19.2 Å². The first kappa shape index (κ1) is 9.04. The maximum absolute atomic E-state index is 11.6. The van der Waals surface area contributed by atoms with Gasteiger partial charge < -0.3 is 5.32 Å². The van der Waals surface area contributed by atoms with Gasteiger partial charge >= 0.3 is 0 Å². The molecule has 13 heavy (non-hydrogen) atoms. The highest BCUT2D eigenvalue weighted by Gasteiger charge is 2.39. The van der Waals surface area contributed by atoms with Gasteiger partial charge in [-0.2, -0.15) is 0 Å². The van der Waals surface area contributed by atoms with Crippen LogP contribution in [0.2, 0.25) is 0 Å². The summed E-state index contributed by atoms with van der Waals surface area (Å²) in [5.41, 5.74) is 0. The second-order valence-electron chi connectivity index (χ2n) is 4.79. The van der Waals surface area contributed by atoms with Crippen LogP contribution in [0.4, 0.5) is 0 Å². The van der Waals surface area contributed by atoms with Gasteiger partial charge in [-0.15, -0.1) is 0 Å². The van der Waals surface area contributed by atoms with Crippen molar-refractivity contribution in [2.75, 3.05) is 0 Å².